The predicted octanol–water partition coefficient (Wildman–Crippen LogP) is -0.321. The molecular formula is C5H10FNO. The summed E-state index contributed by atoms with van der Waals surface area (Å²) in [6.45, 7) is 0.464. The Hall–Kier alpha value is -0.150. The van der Waals surface area contributed by atoms with Gasteiger partial charge in [-0.25, -0.2) is 4.39 Å². The number of hydrogen-bond donors (Lipinski definition) is 2. The number of nitrogens with one attached hydrogen (secondary N) is 1. The molecule has 0 bridgehead atoms. The van der Waals surface area contributed by atoms with Gasteiger partial charge in [-0.15, -0.1) is 0 Å². The van der Waals surface area contributed by atoms with Crippen molar-refractivity contribution in [2.24, 2.45) is 0 Å². The first-order chi connectivity index (χ1) is 3.83. The molecule has 0 aliphatic carbocycles. The second-order valence-corrected chi connectivity index (χ2v) is 2.12. The number of aliphatic hydroxyl groups is 1. The summed E-state index contributed by atoms with van der Waals surface area (Å²) < 4.78 is 12.2. The van der Waals surface area contributed by atoms with Crippen molar-refractivity contribution in [3.63, 3.8) is 0 Å². The first kappa shape index (κ1) is 5.98. The molecule has 2 nitrogen and oxygen atoms in total. The van der Waals surface area contributed by atoms with E-state index in [-0.39, 0.29) is 12.6 Å². The number of rotatable bonds is 1. The molecule has 0 saturated carbocycles. The summed E-state index contributed by atoms with van der Waals surface area (Å²) in [7, 11) is 0. The van der Waals surface area contributed by atoms with Gasteiger partial charge in [-0.05, 0) is 6.42 Å². The molecule has 48 valence electrons. The monoisotopic (exact) mass is 119 g/mol. The Morgan fingerprint density at radius 3 is 2.75 bits per heavy atom. The Morgan fingerprint density at radius 1 is 1.75 bits per heavy atom. The van der Waals surface area contributed by atoms with E-state index >= 15 is 0 Å². The van der Waals surface area contributed by atoms with Crippen LogP contribution >= 0.6 is 0 Å². The van der Waals surface area contributed by atoms with Gasteiger partial charge >= 0.3 is 0 Å². The van der Waals surface area contributed by atoms with Crippen LogP contribution < -0.4 is 5.32 Å². The molecule has 3 heteroatoms. The van der Waals surface area contributed by atoms with Gasteiger partial charge in [-0.2, -0.15) is 0 Å². The van der Waals surface area contributed by atoms with Gasteiger partial charge in [-0.3, -0.25) is 0 Å². The van der Waals surface area contributed by atoms with Crippen LogP contribution in [0.3, 0.4) is 0 Å². The summed E-state index contributed by atoms with van der Waals surface area (Å²) in [6.07, 6.45) is -0.275. The fourth-order valence-corrected chi connectivity index (χ4v) is 0.909. The van der Waals surface area contributed by atoms with Gasteiger partial charge in [0.15, 0.2) is 0 Å². The molecule has 0 aromatic rings. The van der Waals surface area contributed by atoms with Crippen molar-refractivity contribution in [3.8, 4) is 0 Å². The maximum atomic E-state index is 12.2. The molecule has 1 aliphatic rings. The highest BCUT2D eigenvalue weighted by atomic mass is 19.1. The zero-order valence-corrected chi connectivity index (χ0v) is 4.60. The normalized spacial score (nSPS) is 38.2. The van der Waals surface area contributed by atoms with Crippen LogP contribution in [0, 0.1) is 0 Å². The van der Waals surface area contributed by atoms with Crippen LogP contribution in [0.4, 0.5) is 4.39 Å². The molecular weight excluding hydrogens is 109 g/mol. The number of alkyl halides is 1. The quantitative estimate of drug-likeness (QED) is 0.495. The van der Waals surface area contributed by atoms with Gasteiger partial charge in [0.05, 0.1) is 6.61 Å². The SMILES string of the molecule is OCC1CC(F)CN1. The summed E-state index contributed by atoms with van der Waals surface area (Å²) in [5.41, 5.74) is 0. The van der Waals surface area contributed by atoms with Gasteiger partial charge in [0, 0.05) is 12.6 Å². The Bertz CT molecular complexity index is 78.8. The van der Waals surface area contributed by atoms with Crippen molar-refractivity contribution in [1.82, 2.24) is 5.32 Å². The second-order valence-electron chi connectivity index (χ2n) is 2.12. The largest absolute Gasteiger partial charge is 0.395 e. The van der Waals surface area contributed by atoms with Crippen molar-refractivity contribution < 1.29 is 9.50 Å². The van der Waals surface area contributed by atoms with E-state index in [9.17, 15) is 4.39 Å². The van der Waals surface area contributed by atoms with Gasteiger partial charge in [-0.1, -0.05) is 0 Å². The average Bonchev–Trinajstić information content (AvgIpc) is 2.14. The standard InChI is InChI=1S/C5H10FNO/c6-4-1-5(3-8)7-2-4/h4-5,7-8H,1-3H2. The zero-order valence-electron chi connectivity index (χ0n) is 4.60. The van der Waals surface area contributed by atoms with E-state index in [1.807, 2.05) is 0 Å². The van der Waals surface area contributed by atoms with Crippen LogP contribution in [0.1, 0.15) is 6.42 Å². The fraction of sp³-hybridized carbons (Fsp3) is 1.00. The molecule has 2 N–H and O–H groups in total. The Balaban J connectivity index is 2.22. The van der Waals surface area contributed by atoms with Gasteiger partial charge in [0.2, 0.25) is 0 Å². The molecule has 8 heavy (non-hydrogen) atoms. The maximum Gasteiger partial charge on any atom is 0.114 e. The third-order valence-electron chi connectivity index (χ3n) is 1.39. The topological polar surface area (TPSA) is 32.3 Å². The summed E-state index contributed by atoms with van der Waals surface area (Å²) in [6, 6.07) is 0.00463. The predicted molar refractivity (Wildman–Crippen MR) is 28.4 cm³/mol. The second kappa shape index (κ2) is 2.42. The minimum atomic E-state index is -0.743. The van der Waals surface area contributed by atoms with Gasteiger partial charge in [0.1, 0.15) is 6.17 Å². The third-order valence-corrected chi connectivity index (χ3v) is 1.39. The zero-order chi connectivity index (χ0) is 5.98. The smallest absolute Gasteiger partial charge is 0.114 e. The summed E-state index contributed by atoms with van der Waals surface area (Å²) >= 11 is 0. The van der Waals surface area contributed by atoms with E-state index in [1.54, 1.807) is 0 Å². The van der Waals surface area contributed by atoms with E-state index in [0.29, 0.717) is 13.0 Å². The number of hydrogen-bond acceptors (Lipinski definition) is 2. The number of aliphatic hydroxyl groups excluding tert-OH is 1. The molecule has 0 aromatic carbocycles. The third kappa shape index (κ3) is 1.17. The van der Waals surface area contributed by atoms with E-state index < -0.39 is 6.17 Å². The molecule has 0 amide bonds. The highest BCUT2D eigenvalue weighted by Gasteiger charge is 2.21. The molecule has 0 aromatic heterocycles. The molecule has 1 rings (SSSR count). The van der Waals surface area contributed by atoms with Crippen molar-refractivity contribution >= 4 is 0 Å². The van der Waals surface area contributed by atoms with Crippen LogP contribution in [0.25, 0.3) is 0 Å². The van der Waals surface area contributed by atoms with Crippen LogP contribution in [-0.2, 0) is 0 Å². The van der Waals surface area contributed by atoms with E-state index in [0.717, 1.165) is 0 Å². The van der Waals surface area contributed by atoms with E-state index in [2.05, 4.69) is 5.32 Å². The molecule has 1 aliphatic heterocycles. The number of halogens is 1. The van der Waals surface area contributed by atoms with Gasteiger partial charge < -0.3 is 10.4 Å². The van der Waals surface area contributed by atoms with Crippen LogP contribution in [0.2, 0.25) is 0 Å². The fourth-order valence-electron chi connectivity index (χ4n) is 0.909. The molecule has 1 fully saturated rings. The lowest BCUT2D eigenvalue weighted by Crippen LogP contribution is -2.24. The molecule has 1 saturated heterocycles. The average molecular weight is 119 g/mol. The first-order valence-corrected chi connectivity index (χ1v) is 2.81. The Morgan fingerprint density at radius 2 is 2.50 bits per heavy atom. The Labute approximate surface area is 47.7 Å². The van der Waals surface area contributed by atoms with Crippen molar-refractivity contribution in [1.29, 1.82) is 0 Å². The lowest BCUT2D eigenvalue weighted by atomic mass is 10.2. The van der Waals surface area contributed by atoms with E-state index in [4.69, 9.17) is 5.11 Å². The van der Waals surface area contributed by atoms with Crippen molar-refractivity contribution in [2.75, 3.05) is 13.2 Å². The molecule has 2 unspecified atom stereocenters. The van der Waals surface area contributed by atoms with Crippen LogP contribution in [0.15, 0.2) is 0 Å². The van der Waals surface area contributed by atoms with Crippen molar-refractivity contribution in [3.05, 3.63) is 0 Å². The molecule has 0 spiro atoms. The molecule has 2 atom stereocenters. The lowest BCUT2D eigenvalue weighted by molar-refractivity contribution is 0.248. The Kier molecular flexibility index (Phi) is 1.81. The van der Waals surface area contributed by atoms with E-state index in [1.165, 1.54) is 0 Å². The van der Waals surface area contributed by atoms with Crippen LogP contribution in [-0.4, -0.2) is 30.5 Å². The highest BCUT2D eigenvalue weighted by molar-refractivity contribution is 4.80. The first-order valence-electron chi connectivity index (χ1n) is 2.81. The minimum absolute atomic E-state index is 0.00463. The highest BCUT2D eigenvalue weighted by Crippen LogP contribution is 2.08. The summed E-state index contributed by atoms with van der Waals surface area (Å²) in [5.74, 6) is 0. The van der Waals surface area contributed by atoms with Crippen molar-refractivity contribution in [2.45, 2.75) is 18.6 Å². The minimum Gasteiger partial charge on any atom is -0.395 e. The van der Waals surface area contributed by atoms with Crippen LogP contribution in [0.5, 0.6) is 0 Å². The molecule has 0 radical (unpaired) electrons. The molecule has 1 heterocycles. The summed E-state index contributed by atoms with van der Waals surface area (Å²) in [4.78, 5) is 0. The van der Waals surface area contributed by atoms with Gasteiger partial charge in [0.25, 0.3) is 0 Å². The lowest BCUT2D eigenvalue weighted by Gasteiger charge is -2.01. The summed E-state index contributed by atoms with van der Waals surface area (Å²) in [5, 5.41) is 11.3. The maximum absolute atomic E-state index is 12.2.